The van der Waals surface area contributed by atoms with Crippen LogP contribution in [0, 0.1) is 0 Å². The van der Waals surface area contributed by atoms with E-state index < -0.39 is 6.03 Å². The van der Waals surface area contributed by atoms with Gasteiger partial charge in [-0.1, -0.05) is 12.1 Å². The highest BCUT2D eigenvalue weighted by Crippen LogP contribution is 2.14. The van der Waals surface area contributed by atoms with E-state index in [1.54, 1.807) is 12.0 Å². The molecule has 0 fully saturated rings. The van der Waals surface area contributed by atoms with Gasteiger partial charge in [0.15, 0.2) is 0 Å². The molecule has 0 saturated carbocycles. The van der Waals surface area contributed by atoms with E-state index in [1.165, 1.54) is 0 Å². The minimum Gasteiger partial charge on any atom is -0.497 e. The van der Waals surface area contributed by atoms with E-state index in [2.05, 4.69) is 0 Å². The molecule has 1 rings (SSSR count). The number of rotatable bonds is 6. The van der Waals surface area contributed by atoms with E-state index in [1.807, 2.05) is 43.3 Å². The molecule has 0 radical (unpaired) electrons. The molecule has 18 heavy (non-hydrogen) atoms. The second kappa shape index (κ2) is 6.86. The molecule has 2 amide bonds. The highest BCUT2D eigenvalue weighted by molar-refractivity contribution is 5.72. The smallest absolute Gasteiger partial charge is 0.315 e. The summed E-state index contributed by atoms with van der Waals surface area (Å²) in [5.74, 6) is 0.782. The van der Waals surface area contributed by atoms with Gasteiger partial charge in [0.05, 0.1) is 7.11 Å². The van der Waals surface area contributed by atoms with Gasteiger partial charge in [0, 0.05) is 19.6 Å². The zero-order valence-electron chi connectivity index (χ0n) is 11.2. The van der Waals surface area contributed by atoms with Crippen LogP contribution >= 0.6 is 0 Å². The number of nitrogens with two attached hydrogens (primary N) is 1. The maximum Gasteiger partial charge on any atom is 0.315 e. The van der Waals surface area contributed by atoms with Gasteiger partial charge in [-0.3, -0.25) is 0 Å². The highest BCUT2D eigenvalue weighted by atomic mass is 16.5. The second-order valence-electron chi connectivity index (χ2n) is 4.41. The highest BCUT2D eigenvalue weighted by Gasteiger charge is 2.10. The molecule has 0 atom stereocenters. The van der Waals surface area contributed by atoms with Gasteiger partial charge in [-0.25, -0.2) is 4.79 Å². The number of ether oxygens (including phenoxy) is 1. The number of urea groups is 1. The molecule has 1 aromatic rings. The number of hydrogen-bond donors (Lipinski definition) is 1. The second-order valence-corrected chi connectivity index (χ2v) is 4.41. The normalized spacial score (nSPS) is 10.4. The van der Waals surface area contributed by atoms with Gasteiger partial charge >= 0.3 is 6.03 Å². The van der Waals surface area contributed by atoms with E-state index >= 15 is 0 Å². The van der Waals surface area contributed by atoms with Gasteiger partial charge < -0.3 is 20.3 Å². The maximum atomic E-state index is 11.4. The first-order chi connectivity index (χ1) is 8.52. The van der Waals surface area contributed by atoms with Crippen molar-refractivity contribution in [2.45, 2.75) is 6.54 Å². The van der Waals surface area contributed by atoms with Crippen LogP contribution < -0.4 is 10.5 Å². The fraction of sp³-hybridized carbons (Fsp3) is 0.462. The third kappa shape index (κ3) is 4.63. The minimum atomic E-state index is -0.403. The van der Waals surface area contributed by atoms with Crippen LogP contribution in [0.3, 0.4) is 0 Å². The number of likely N-dealkylation sites (N-methyl/N-ethyl adjacent to an activating group) is 1. The quantitative estimate of drug-likeness (QED) is 0.824. The molecule has 0 saturated heterocycles. The van der Waals surface area contributed by atoms with Gasteiger partial charge in [-0.05, 0) is 31.8 Å². The predicted octanol–water partition coefficient (Wildman–Crippen LogP) is 1.14. The summed E-state index contributed by atoms with van der Waals surface area (Å²) in [6.45, 7) is 1.90. The summed E-state index contributed by atoms with van der Waals surface area (Å²) < 4.78 is 5.15. The number of nitrogens with zero attached hydrogens (tertiary/aromatic N) is 2. The molecule has 0 spiro atoms. The average Bonchev–Trinajstić information content (AvgIpc) is 2.34. The van der Waals surface area contributed by atoms with E-state index in [4.69, 9.17) is 10.5 Å². The largest absolute Gasteiger partial charge is 0.497 e. The summed E-state index contributed by atoms with van der Waals surface area (Å²) in [5.41, 5.74) is 6.38. The molecule has 1 aromatic carbocycles. The van der Waals surface area contributed by atoms with Crippen LogP contribution in [0.25, 0.3) is 0 Å². The number of benzene rings is 1. The lowest BCUT2D eigenvalue weighted by Gasteiger charge is -2.22. The number of carbonyl (C=O) groups excluding carboxylic acids is 1. The van der Waals surface area contributed by atoms with Crippen LogP contribution in [0.2, 0.25) is 0 Å². The summed E-state index contributed by atoms with van der Waals surface area (Å²) in [4.78, 5) is 15.0. The van der Waals surface area contributed by atoms with Crippen molar-refractivity contribution in [1.29, 1.82) is 0 Å². The van der Waals surface area contributed by atoms with Crippen molar-refractivity contribution in [3.05, 3.63) is 29.8 Å². The van der Waals surface area contributed by atoms with E-state index in [0.717, 1.165) is 17.9 Å². The molecular weight excluding hydrogens is 230 g/mol. The molecule has 2 N–H and O–H groups in total. The Kier molecular flexibility index (Phi) is 5.45. The fourth-order valence-corrected chi connectivity index (χ4v) is 1.58. The summed E-state index contributed by atoms with van der Waals surface area (Å²) >= 11 is 0. The van der Waals surface area contributed by atoms with Crippen LogP contribution in [-0.4, -0.2) is 50.1 Å². The Morgan fingerprint density at radius 3 is 2.61 bits per heavy atom. The molecule has 0 heterocycles. The van der Waals surface area contributed by atoms with Gasteiger partial charge in [0.1, 0.15) is 5.75 Å². The molecule has 0 unspecified atom stereocenters. The molecule has 0 aliphatic rings. The first-order valence-corrected chi connectivity index (χ1v) is 5.85. The summed E-state index contributed by atoms with van der Waals surface area (Å²) in [5, 5.41) is 0. The van der Waals surface area contributed by atoms with E-state index in [-0.39, 0.29) is 0 Å². The molecule has 0 aromatic heterocycles. The minimum absolute atomic E-state index is 0.403. The molecule has 0 aliphatic heterocycles. The predicted molar refractivity (Wildman–Crippen MR) is 71.5 cm³/mol. The molecule has 5 heteroatoms. The Hall–Kier alpha value is -1.75. The number of amides is 2. The molecule has 0 aliphatic carbocycles. The summed E-state index contributed by atoms with van der Waals surface area (Å²) in [7, 11) is 5.55. The van der Waals surface area contributed by atoms with Crippen LogP contribution in [0.4, 0.5) is 4.79 Å². The van der Waals surface area contributed by atoms with Gasteiger partial charge in [0.2, 0.25) is 0 Å². The van der Waals surface area contributed by atoms with Crippen molar-refractivity contribution in [3.63, 3.8) is 0 Å². The first kappa shape index (κ1) is 14.3. The summed E-state index contributed by atoms with van der Waals surface area (Å²) in [6, 6.07) is 7.23. The first-order valence-electron chi connectivity index (χ1n) is 5.85. The van der Waals surface area contributed by atoms with Crippen LogP contribution in [0.1, 0.15) is 5.56 Å². The van der Waals surface area contributed by atoms with Crippen molar-refractivity contribution in [2.75, 3.05) is 34.3 Å². The Bertz CT molecular complexity index is 394. The standard InChI is InChI=1S/C13H21N3O2/c1-15(2)7-8-16(13(14)17)10-11-5-4-6-12(9-11)18-3/h4-6,9H,7-8,10H2,1-3H3,(H2,14,17). The molecule has 100 valence electrons. The van der Waals surface area contributed by atoms with Gasteiger partial charge in [-0.15, -0.1) is 0 Å². The number of methoxy groups -OCH3 is 1. The molecule has 0 bridgehead atoms. The number of hydrogen-bond acceptors (Lipinski definition) is 3. The van der Waals surface area contributed by atoms with Crippen molar-refractivity contribution in [1.82, 2.24) is 9.80 Å². The lowest BCUT2D eigenvalue weighted by atomic mass is 10.2. The number of primary amides is 1. The van der Waals surface area contributed by atoms with Crippen LogP contribution in [0.5, 0.6) is 5.75 Å². The SMILES string of the molecule is COc1cccc(CN(CCN(C)C)C(N)=O)c1. The van der Waals surface area contributed by atoms with Crippen LogP contribution in [0.15, 0.2) is 24.3 Å². The monoisotopic (exact) mass is 251 g/mol. The van der Waals surface area contributed by atoms with Crippen LogP contribution in [-0.2, 0) is 6.54 Å². The lowest BCUT2D eigenvalue weighted by molar-refractivity contribution is 0.198. The van der Waals surface area contributed by atoms with Crippen molar-refractivity contribution >= 4 is 6.03 Å². The topological polar surface area (TPSA) is 58.8 Å². The average molecular weight is 251 g/mol. The van der Waals surface area contributed by atoms with Gasteiger partial charge in [-0.2, -0.15) is 0 Å². The Morgan fingerprint density at radius 1 is 1.33 bits per heavy atom. The third-order valence-electron chi connectivity index (χ3n) is 2.64. The fourth-order valence-electron chi connectivity index (χ4n) is 1.58. The number of carbonyl (C=O) groups is 1. The molecule has 5 nitrogen and oxygen atoms in total. The maximum absolute atomic E-state index is 11.4. The van der Waals surface area contributed by atoms with Crippen molar-refractivity contribution in [2.24, 2.45) is 5.73 Å². The zero-order valence-corrected chi connectivity index (χ0v) is 11.2. The van der Waals surface area contributed by atoms with E-state index in [0.29, 0.717) is 13.1 Å². The lowest BCUT2D eigenvalue weighted by Crippen LogP contribution is -2.39. The third-order valence-corrected chi connectivity index (χ3v) is 2.64. The summed E-state index contributed by atoms with van der Waals surface area (Å²) in [6.07, 6.45) is 0. The Labute approximate surface area is 108 Å². The molecular formula is C13H21N3O2. The van der Waals surface area contributed by atoms with E-state index in [9.17, 15) is 4.79 Å². The van der Waals surface area contributed by atoms with Crippen molar-refractivity contribution in [3.8, 4) is 5.75 Å². The van der Waals surface area contributed by atoms with Crippen molar-refractivity contribution < 1.29 is 9.53 Å². The zero-order chi connectivity index (χ0) is 13.5. The Morgan fingerprint density at radius 2 is 2.06 bits per heavy atom. The Balaban J connectivity index is 2.67. The van der Waals surface area contributed by atoms with Gasteiger partial charge in [0.25, 0.3) is 0 Å².